The average molecular weight is 289 g/mol. The third-order valence-corrected chi connectivity index (χ3v) is 3.00. The molecule has 1 aliphatic heterocycles. The van der Waals surface area contributed by atoms with Crippen molar-refractivity contribution in [2.75, 3.05) is 0 Å². The highest BCUT2D eigenvalue weighted by Crippen LogP contribution is 2.25. The SMILES string of the molecule is Br.Cn1c2cc(=N)ccc-2cc2ccccc21. The van der Waals surface area contributed by atoms with Crippen molar-refractivity contribution in [1.29, 1.82) is 5.41 Å². The Kier molecular flexibility index (Phi) is 3.03. The van der Waals surface area contributed by atoms with Gasteiger partial charge in [-0.25, -0.2) is 0 Å². The van der Waals surface area contributed by atoms with Gasteiger partial charge in [-0.3, -0.25) is 0 Å². The number of halogens is 1. The summed E-state index contributed by atoms with van der Waals surface area (Å²) in [4.78, 5) is 0. The Morgan fingerprint density at radius 3 is 2.59 bits per heavy atom. The molecule has 1 heterocycles. The Hall–Kier alpha value is -1.61. The van der Waals surface area contributed by atoms with Crippen molar-refractivity contribution < 1.29 is 0 Å². The van der Waals surface area contributed by atoms with Crippen molar-refractivity contribution >= 4 is 27.9 Å². The second-order valence-electron chi connectivity index (χ2n) is 4.04. The predicted octanol–water partition coefficient (Wildman–Crippen LogP) is 3.34. The molecule has 3 rings (SSSR count). The summed E-state index contributed by atoms with van der Waals surface area (Å²) in [5.41, 5.74) is 3.48. The maximum Gasteiger partial charge on any atom is 0.0561 e. The first-order valence-electron chi connectivity index (χ1n) is 5.29. The van der Waals surface area contributed by atoms with E-state index in [-0.39, 0.29) is 17.0 Å². The van der Waals surface area contributed by atoms with Crippen LogP contribution in [0.25, 0.3) is 22.2 Å². The Balaban J connectivity index is 0.00000108. The maximum absolute atomic E-state index is 7.67. The minimum Gasteiger partial charge on any atom is -0.344 e. The van der Waals surface area contributed by atoms with E-state index in [9.17, 15) is 0 Å². The molecule has 0 radical (unpaired) electrons. The highest BCUT2D eigenvalue weighted by molar-refractivity contribution is 8.93. The standard InChI is InChI=1S/C14H12N2.BrH/c1-16-13-5-3-2-4-10(13)8-11-6-7-12(15)9-14(11)16;/h2-9,15H,1H3;1H. The van der Waals surface area contributed by atoms with E-state index in [1.807, 2.05) is 37.4 Å². The zero-order chi connectivity index (χ0) is 11.1. The lowest BCUT2D eigenvalue weighted by Gasteiger charge is -2.15. The molecule has 17 heavy (non-hydrogen) atoms. The lowest BCUT2D eigenvalue weighted by atomic mass is 10.1. The molecule has 0 amide bonds. The highest BCUT2D eigenvalue weighted by Gasteiger charge is 2.06. The van der Waals surface area contributed by atoms with Gasteiger partial charge >= 0.3 is 0 Å². The number of hydrogen-bond donors (Lipinski definition) is 1. The molecule has 0 saturated heterocycles. The van der Waals surface area contributed by atoms with E-state index in [0.717, 1.165) is 5.69 Å². The topological polar surface area (TPSA) is 28.8 Å². The second-order valence-corrected chi connectivity index (χ2v) is 4.04. The van der Waals surface area contributed by atoms with Crippen LogP contribution in [0.3, 0.4) is 0 Å². The smallest absolute Gasteiger partial charge is 0.0561 e. The number of benzene rings is 2. The number of aromatic nitrogens is 1. The minimum absolute atomic E-state index is 0. The van der Waals surface area contributed by atoms with Crippen LogP contribution in [0.1, 0.15) is 0 Å². The fraction of sp³-hybridized carbons (Fsp3) is 0.0714. The van der Waals surface area contributed by atoms with Crippen molar-refractivity contribution in [3.05, 3.63) is 53.9 Å². The number of fused-ring (bicyclic) bond motifs is 2. The zero-order valence-electron chi connectivity index (χ0n) is 9.47. The predicted molar refractivity (Wildman–Crippen MR) is 75.7 cm³/mol. The van der Waals surface area contributed by atoms with Crippen LogP contribution in [0.2, 0.25) is 0 Å². The van der Waals surface area contributed by atoms with E-state index in [1.54, 1.807) is 0 Å². The first-order chi connectivity index (χ1) is 7.75. The van der Waals surface area contributed by atoms with E-state index >= 15 is 0 Å². The summed E-state index contributed by atoms with van der Waals surface area (Å²) in [5.74, 6) is 0. The van der Waals surface area contributed by atoms with Gasteiger partial charge in [0.2, 0.25) is 0 Å². The normalized spacial score (nSPS) is 10.4. The molecule has 0 unspecified atom stereocenters. The van der Waals surface area contributed by atoms with Gasteiger partial charge in [0.1, 0.15) is 0 Å². The van der Waals surface area contributed by atoms with Crippen LogP contribution in [-0.4, -0.2) is 4.57 Å². The number of aryl methyl sites for hydroxylation is 1. The van der Waals surface area contributed by atoms with Gasteiger partial charge in [0.15, 0.2) is 0 Å². The van der Waals surface area contributed by atoms with Crippen LogP contribution >= 0.6 is 17.0 Å². The van der Waals surface area contributed by atoms with Crippen LogP contribution in [0.4, 0.5) is 0 Å². The van der Waals surface area contributed by atoms with Crippen molar-refractivity contribution in [3.63, 3.8) is 0 Å². The van der Waals surface area contributed by atoms with Crippen molar-refractivity contribution in [1.82, 2.24) is 4.57 Å². The second kappa shape index (κ2) is 4.34. The van der Waals surface area contributed by atoms with Crippen molar-refractivity contribution in [2.24, 2.45) is 7.05 Å². The summed E-state index contributed by atoms with van der Waals surface area (Å²) >= 11 is 0. The van der Waals surface area contributed by atoms with E-state index in [1.165, 1.54) is 16.5 Å². The molecule has 0 spiro atoms. The molecular weight excluding hydrogens is 276 g/mol. The molecule has 0 atom stereocenters. The molecule has 0 aromatic heterocycles. The van der Waals surface area contributed by atoms with Gasteiger partial charge in [-0.05, 0) is 35.2 Å². The monoisotopic (exact) mass is 288 g/mol. The molecular formula is C14H13BrN2. The fourth-order valence-corrected chi connectivity index (χ4v) is 2.17. The Morgan fingerprint density at radius 2 is 1.76 bits per heavy atom. The summed E-state index contributed by atoms with van der Waals surface area (Å²) in [6.07, 6.45) is 0. The van der Waals surface area contributed by atoms with Crippen molar-refractivity contribution in [3.8, 4) is 11.3 Å². The van der Waals surface area contributed by atoms with Crippen molar-refractivity contribution in [2.45, 2.75) is 0 Å². The van der Waals surface area contributed by atoms with Gasteiger partial charge in [-0.1, -0.05) is 24.3 Å². The number of hydrogen-bond acceptors (Lipinski definition) is 1. The minimum atomic E-state index is 0. The molecule has 0 saturated carbocycles. The van der Waals surface area contributed by atoms with Crippen LogP contribution in [0.5, 0.6) is 0 Å². The Morgan fingerprint density at radius 1 is 1.00 bits per heavy atom. The third-order valence-electron chi connectivity index (χ3n) is 3.00. The van der Waals surface area contributed by atoms with E-state index < -0.39 is 0 Å². The van der Waals surface area contributed by atoms with E-state index in [2.05, 4.69) is 22.8 Å². The molecule has 3 heteroatoms. The molecule has 1 N–H and O–H groups in total. The maximum atomic E-state index is 7.67. The van der Waals surface area contributed by atoms with Gasteiger partial charge in [-0.2, -0.15) is 0 Å². The van der Waals surface area contributed by atoms with Gasteiger partial charge in [0, 0.05) is 12.6 Å². The van der Waals surface area contributed by atoms with E-state index in [4.69, 9.17) is 5.41 Å². The van der Waals surface area contributed by atoms with Gasteiger partial charge in [0.25, 0.3) is 0 Å². The molecule has 2 aliphatic rings. The highest BCUT2D eigenvalue weighted by atomic mass is 79.9. The molecule has 0 bridgehead atoms. The molecule has 86 valence electrons. The first-order valence-corrected chi connectivity index (χ1v) is 5.29. The summed E-state index contributed by atoms with van der Waals surface area (Å²) in [5, 5.41) is 9.45. The fourth-order valence-electron chi connectivity index (χ4n) is 2.17. The number of para-hydroxylation sites is 1. The average Bonchev–Trinajstić information content (AvgIpc) is 2.31. The van der Waals surface area contributed by atoms with E-state index in [0.29, 0.717) is 5.36 Å². The molecule has 1 aromatic rings. The van der Waals surface area contributed by atoms with Crippen LogP contribution < -0.4 is 5.36 Å². The number of nitrogens with zero attached hydrogens (tertiary/aromatic N) is 1. The molecule has 1 aromatic carbocycles. The van der Waals surface area contributed by atoms with Crippen LogP contribution in [-0.2, 0) is 7.05 Å². The summed E-state index contributed by atoms with van der Waals surface area (Å²) in [6, 6.07) is 16.2. The lowest BCUT2D eigenvalue weighted by Crippen LogP contribution is -2.05. The Labute approximate surface area is 110 Å². The van der Waals surface area contributed by atoms with Crippen LogP contribution in [0.15, 0.2) is 48.5 Å². The lowest BCUT2D eigenvalue weighted by molar-refractivity contribution is 0.957. The molecule has 2 nitrogen and oxygen atoms in total. The summed E-state index contributed by atoms with van der Waals surface area (Å²) < 4.78 is 2.14. The summed E-state index contributed by atoms with van der Waals surface area (Å²) in [6.45, 7) is 0. The van der Waals surface area contributed by atoms with Crippen LogP contribution in [0, 0.1) is 5.41 Å². The van der Waals surface area contributed by atoms with Gasteiger partial charge < -0.3 is 9.98 Å². The number of nitrogens with one attached hydrogen (secondary N) is 1. The number of rotatable bonds is 0. The quantitative estimate of drug-likeness (QED) is 0.615. The first kappa shape index (κ1) is 11.9. The Bertz CT molecular complexity index is 700. The molecule has 0 fully saturated rings. The van der Waals surface area contributed by atoms with Gasteiger partial charge in [0.05, 0.1) is 11.1 Å². The zero-order valence-corrected chi connectivity index (χ0v) is 11.2. The molecule has 1 aliphatic carbocycles. The summed E-state index contributed by atoms with van der Waals surface area (Å²) in [7, 11) is 2.05. The third kappa shape index (κ3) is 1.87. The number of pyridine rings is 1. The largest absolute Gasteiger partial charge is 0.344 e. The van der Waals surface area contributed by atoms with Gasteiger partial charge in [-0.15, -0.1) is 17.0 Å².